The van der Waals surface area contributed by atoms with Gasteiger partial charge in [-0.15, -0.1) is 0 Å². The largest absolute Gasteiger partial charge is 0.337 e. The molecule has 0 radical (unpaired) electrons. The van der Waals surface area contributed by atoms with Crippen LogP contribution in [-0.4, -0.2) is 33.9 Å². The number of anilines is 2. The van der Waals surface area contributed by atoms with Crippen LogP contribution in [0.1, 0.15) is 41.9 Å². The van der Waals surface area contributed by atoms with E-state index in [0.29, 0.717) is 33.1 Å². The molecular weight excluding hydrogens is 359 g/mol. The fourth-order valence-corrected chi connectivity index (χ4v) is 3.24. The Morgan fingerprint density at radius 3 is 2.56 bits per heavy atom. The van der Waals surface area contributed by atoms with Crippen LogP contribution in [0.4, 0.5) is 11.6 Å². The number of hydrogen-bond donors (Lipinski definition) is 1. The highest BCUT2D eigenvalue weighted by Crippen LogP contribution is 2.31. The SMILES string of the molecule is Cc1cc(C(=O)N2CCCCCC2)nc(Nc2cccc(Cl)c2Cl)n1. The highest BCUT2D eigenvalue weighted by molar-refractivity contribution is 6.43. The maximum Gasteiger partial charge on any atom is 0.272 e. The van der Waals surface area contributed by atoms with Crippen LogP contribution in [0.15, 0.2) is 24.3 Å². The monoisotopic (exact) mass is 378 g/mol. The lowest BCUT2D eigenvalue weighted by atomic mass is 10.2. The first-order valence-electron chi connectivity index (χ1n) is 8.40. The number of rotatable bonds is 3. The molecule has 0 unspecified atom stereocenters. The van der Waals surface area contributed by atoms with Crippen molar-refractivity contribution in [3.63, 3.8) is 0 Å². The first kappa shape index (κ1) is 18.0. The minimum atomic E-state index is -0.0485. The third kappa shape index (κ3) is 4.41. The molecule has 0 atom stereocenters. The van der Waals surface area contributed by atoms with E-state index in [1.807, 2.05) is 11.8 Å². The van der Waals surface area contributed by atoms with Crippen LogP contribution in [0, 0.1) is 6.92 Å². The van der Waals surface area contributed by atoms with Gasteiger partial charge in [0.1, 0.15) is 5.69 Å². The van der Waals surface area contributed by atoms with E-state index in [-0.39, 0.29) is 5.91 Å². The molecule has 132 valence electrons. The van der Waals surface area contributed by atoms with E-state index in [9.17, 15) is 4.79 Å². The normalized spacial score (nSPS) is 14.9. The molecule has 0 saturated carbocycles. The van der Waals surface area contributed by atoms with Gasteiger partial charge in [0, 0.05) is 18.8 Å². The van der Waals surface area contributed by atoms with E-state index < -0.39 is 0 Å². The van der Waals surface area contributed by atoms with E-state index in [4.69, 9.17) is 23.2 Å². The number of hydrogen-bond acceptors (Lipinski definition) is 4. The van der Waals surface area contributed by atoms with E-state index in [0.717, 1.165) is 25.9 Å². The van der Waals surface area contributed by atoms with Gasteiger partial charge in [-0.25, -0.2) is 9.97 Å². The Hall–Kier alpha value is -1.85. The lowest BCUT2D eigenvalue weighted by Gasteiger charge is -2.20. The standard InChI is InChI=1S/C18H20Cl2N4O/c1-12-11-15(17(25)24-9-4-2-3-5-10-24)23-18(21-12)22-14-8-6-7-13(19)16(14)20/h6-8,11H,2-5,9-10H2,1H3,(H,21,22,23). The summed E-state index contributed by atoms with van der Waals surface area (Å²) in [6.45, 7) is 3.40. The maximum absolute atomic E-state index is 12.8. The molecule has 2 aromatic rings. The number of carbonyl (C=O) groups excluding carboxylic acids is 1. The molecule has 1 aliphatic heterocycles. The minimum absolute atomic E-state index is 0.0485. The van der Waals surface area contributed by atoms with Crippen LogP contribution < -0.4 is 5.32 Å². The molecule has 7 heteroatoms. The second-order valence-corrected chi connectivity index (χ2v) is 6.94. The van der Waals surface area contributed by atoms with Crippen LogP contribution in [0.2, 0.25) is 10.0 Å². The van der Waals surface area contributed by atoms with Crippen molar-refractivity contribution < 1.29 is 4.79 Å². The Labute approximate surface area is 157 Å². The third-order valence-electron chi connectivity index (χ3n) is 4.16. The number of benzene rings is 1. The molecule has 0 spiro atoms. The Kier molecular flexibility index (Phi) is 5.76. The summed E-state index contributed by atoms with van der Waals surface area (Å²) >= 11 is 12.2. The van der Waals surface area contributed by atoms with E-state index in [1.165, 1.54) is 12.8 Å². The second-order valence-electron chi connectivity index (χ2n) is 6.15. The van der Waals surface area contributed by atoms with Crippen molar-refractivity contribution >= 4 is 40.7 Å². The summed E-state index contributed by atoms with van der Waals surface area (Å²) in [5.41, 5.74) is 1.72. The lowest BCUT2D eigenvalue weighted by molar-refractivity contribution is 0.0755. The van der Waals surface area contributed by atoms with Crippen LogP contribution in [0.25, 0.3) is 0 Å². The van der Waals surface area contributed by atoms with Crippen molar-refractivity contribution in [2.45, 2.75) is 32.6 Å². The van der Waals surface area contributed by atoms with E-state index in [2.05, 4.69) is 15.3 Å². The molecule has 5 nitrogen and oxygen atoms in total. The Bertz CT molecular complexity index is 774. The molecule has 0 bridgehead atoms. The van der Waals surface area contributed by atoms with Crippen LogP contribution in [0.3, 0.4) is 0 Å². The summed E-state index contributed by atoms with van der Waals surface area (Å²) in [7, 11) is 0. The summed E-state index contributed by atoms with van der Waals surface area (Å²) in [5, 5.41) is 3.90. The number of halogens is 2. The zero-order chi connectivity index (χ0) is 17.8. The molecule has 25 heavy (non-hydrogen) atoms. The summed E-state index contributed by atoms with van der Waals surface area (Å²) < 4.78 is 0. The summed E-state index contributed by atoms with van der Waals surface area (Å²) in [6, 6.07) is 7.00. The second kappa shape index (κ2) is 8.02. The first-order valence-corrected chi connectivity index (χ1v) is 9.16. The van der Waals surface area contributed by atoms with Crippen LogP contribution >= 0.6 is 23.2 Å². The smallest absolute Gasteiger partial charge is 0.272 e. The number of nitrogens with one attached hydrogen (secondary N) is 1. The maximum atomic E-state index is 12.8. The molecule has 3 rings (SSSR count). The summed E-state index contributed by atoms with van der Waals surface area (Å²) in [6.07, 6.45) is 4.43. The Balaban J connectivity index is 1.85. The van der Waals surface area contributed by atoms with Crippen molar-refractivity contribution in [3.05, 3.63) is 45.7 Å². The van der Waals surface area contributed by atoms with Gasteiger partial charge in [-0.1, -0.05) is 42.1 Å². The first-order chi connectivity index (χ1) is 12.0. The van der Waals surface area contributed by atoms with Crippen molar-refractivity contribution in [1.82, 2.24) is 14.9 Å². The lowest BCUT2D eigenvalue weighted by Crippen LogP contribution is -2.32. The van der Waals surface area contributed by atoms with Crippen LogP contribution in [-0.2, 0) is 0 Å². The fourth-order valence-electron chi connectivity index (χ4n) is 2.89. The van der Waals surface area contributed by atoms with Gasteiger partial charge in [0.2, 0.25) is 5.95 Å². The molecule has 1 aliphatic rings. The molecule has 1 saturated heterocycles. The molecule has 1 aromatic carbocycles. The van der Waals surface area contributed by atoms with Crippen molar-refractivity contribution in [1.29, 1.82) is 0 Å². The summed E-state index contributed by atoms with van der Waals surface area (Å²) in [4.78, 5) is 23.4. The van der Waals surface area contributed by atoms with Crippen molar-refractivity contribution in [3.8, 4) is 0 Å². The quantitative estimate of drug-likeness (QED) is 0.828. The number of aryl methyl sites for hydroxylation is 1. The van der Waals surface area contributed by atoms with Gasteiger partial charge in [0.25, 0.3) is 5.91 Å². The molecule has 1 amide bonds. The molecule has 1 N–H and O–H groups in total. The highest BCUT2D eigenvalue weighted by atomic mass is 35.5. The van der Waals surface area contributed by atoms with Gasteiger partial charge >= 0.3 is 0 Å². The number of amides is 1. The molecule has 1 aromatic heterocycles. The molecule has 1 fully saturated rings. The van der Waals surface area contributed by atoms with Gasteiger partial charge in [0.05, 0.1) is 15.7 Å². The number of aromatic nitrogens is 2. The van der Waals surface area contributed by atoms with Crippen LogP contribution in [0.5, 0.6) is 0 Å². The highest BCUT2D eigenvalue weighted by Gasteiger charge is 2.20. The number of carbonyl (C=O) groups is 1. The number of nitrogens with zero attached hydrogens (tertiary/aromatic N) is 3. The summed E-state index contributed by atoms with van der Waals surface area (Å²) in [5.74, 6) is 0.287. The zero-order valence-electron chi connectivity index (χ0n) is 14.1. The average Bonchev–Trinajstić information content (AvgIpc) is 2.87. The predicted molar refractivity (Wildman–Crippen MR) is 101 cm³/mol. The van der Waals surface area contributed by atoms with Gasteiger partial charge in [-0.2, -0.15) is 0 Å². The Morgan fingerprint density at radius 2 is 1.84 bits per heavy atom. The van der Waals surface area contributed by atoms with Gasteiger partial charge in [-0.05, 0) is 38.0 Å². The molecule has 0 aliphatic carbocycles. The predicted octanol–water partition coefficient (Wildman–Crippen LogP) is 4.85. The fraction of sp³-hybridized carbons (Fsp3) is 0.389. The van der Waals surface area contributed by atoms with Gasteiger partial charge < -0.3 is 10.2 Å². The van der Waals surface area contributed by atoms with E-state index in [1.54, 1.807) is 24.3 Å². The third-order valence-corrected chi connectivity index (χ3v) is 4.98. The molecular formula is C18H20Cl2N4O. The average molecular weight is 379 g/mol. The van der Waals surface area contributed by atoms with Crippen molar-refractivity contribution in [2.75, 3.05) is 18.4 Å². The minimum Gasteiger partial charge on any atom is -0.337 e. The topological polar surface area (TPSA) is 58.1 Å². The Morgan fingerprint density at radius 1 is 1.12 bits per heavy atom. The van der Waals surface area contributed by atoms with Crippen molar-refractivity contribution in [2.24, 2.45) is 0 Å². The number of likely N-dealkylation sites (tertiary alicyclic amines) is 1. The van der Waals surface area contributed by atoms with Gasteiger partial charge in [0.15, 0.2) is 0 Å². The molecule has 2 heterocycles. The van der Waals surface area contributed by atoms with E-state index >= 15 is 0 Å². The van der Waals surface area contributed by atoms with Gasteiger partial charge in [-0.3, -0.25) is 4.79 Å². The zero-order valence-corrected chi connectivity index (χ0v) is 15.6.